The van der Waals surface area contributed by atoms with Gasteiger partial charge in [-0.3, -0.25) is 0 Å². The molecule has 1 fully saturated rings. The van der Waals surface area contributed by atoms with Crippen LogP contribution in [0.15, 0.2) is 41.7 Å². The third-order valence-corrected chi connectivity index (χ3v) is 4.14. The molecule has 1 aliphatic rings. The van der Waals surface area contributed by atoms with Crippen LogP contribution in [0.5, 0.6) is 5.75 Å². The number of ether oxygens (including phenoxy) is 1. The molecule has 2 rings (SSSR count). The third kappa shape index (κ3) is 4.84. The SMILES string of the molecule is CC(C)(C)OC(=O)N1CCC(C(/C=C(\N)c2ccccc2O)=C(N)N)C1. The molecular formula is C19H28N4O3. The van der Waals surface area contributed by atoms with Gasteiger partial charge in [0.2, 0.25) is 0 Å². The van der Waals surface area contributed by atoms with E-state index in [0.29, 0.717) is 36.3 Å². The summed E-state index contributed by atoms with van der Waals surface area (Å²) in [6, 6.07) is 6.78. The summed E-state index contributed by atoms with van der Waals surface area (Å²) in [6.45, 7) is 6.50. The summed E-state index contributed by atoms with van der Waals surface area (Å²) in [5.41, 5.74) is 18.8. The van der Waals surface area contributed by atoms with Crippen molar-refractivity contribution >= 4 is 11.8 Å². The monoisotopic (exact) mass is 360 g/mol. The summed E-state index contributed by atoms with van der Waals surface area (Å²) in [6.07, 6.45) is 2.03. The normalized spacial score (nSPS) is 17.9. The van der Waals surface area contributed by atoms with Crippen LogP contribution in [0, 0.1) is 5.92 Å². The molecule has 0 radical (unpaired) electrons. The summed E-state index contributed by atoms with van der Waals surface area (Å²) >= 11 is 0. The Balaban J connectivity index is 2.17. The zero-order valence-corrected chi connectivity index (χ0v) is 15.5. The molecular weight excluding hydrogens is 332 g/mol. The van der Waals surface area contributed by atoms with Crippen molar-refractivity contribution in [2.45, 2.75) is 32.8 Å². The average molecular weight is 360 g/mol. The Morgan fingerprint density at radius 3 is 2.50 bits per heavy atom. The predicted molar refractivity (Wildman–Crippen MR) is 102 cm³/mol. The Kier molecular flexibility index (Phi) is 5.69. The van der Waals surface area contributed by atoms with Gasteiger partial charge in [0.05, 0.1) is 5.82 Å². The van der Waals surface area contributed by atoms with Gasteiger partial charge in [0.25, 0.3) is 0 Å². The van der Waals surface area contributed by atoms with E-state index in [1.54, 1.807) is 35.2 Å². The number of rotatable bonds is 3. The molecule has 7 heteroatoms. The predicted octanol–water partition coefficient (Wildman–Crippen LogP) is 2.08. The van der Waals surface area contributed by atoms with Crippen molar-refractivity contribution in [1.82, 2.24) is 4.90 Å². The van der Waals surface area contributed by atoms with Gasteiger partial charge in [-0.15, -0.1) is 0 Å². The number of carbonyl (C=O) groups excluding carboxylic acids is 1. The fourth-order valence-corrected chi connectivity index (χ4v) is 2.91. The maximum atomic E-state index is 12.2. The van der Waals surface area contributed by atoms with E-state index in [2.05, 4.69) is 0 Å². The molecule has 0 aromatic heterocycles. The smallest absolute Gasteiger partial charge is 0.410 e. The number of nitrogens with two attached hydrogens (primary N) is 3. The number of amides is 1. The molecule has 7 N–H and O–H groups in total. The molecule has 142 valence electrons. The van der Waals surface area contributed by atoms with E-state index in [1.165, 1.54) is 0 Å². The van der Waals surface area contributed by atoms with E-state index in [1.807, 2.05) is 20.8 Å². The first kappa shape index (κ1) is 19.5. The molecule has 0 bridgehead atoms. The zero-order chi connectivity index (χ0) is 19.5. The van der Waals surface area contributed by atoms with Crippen LogP contribution in [-0.4, -0.2) is 34.8 Å². The van der Waals surface area contributed by atoms with Crippen LogP contribution in [0.2, 0.25) is 0 Å². The van der Waals surface area contributed by atoms with Gasteiger partial charge in [0, 0.05) is 30.3 Å². The van der Waals surface area contributed by atoms with Gasteiger partial charge in [0.1, 0.15) is 11.4 Å². The minimum atomic E-state index is -0.546. The molecule has 1 unspecified atom stereocenters. The topological polar surface area (TPSA) is 128 Å². The first-order valence-corrected chi connectivity index (χ1v) is 8.57. The van der Waals surface area contributed by atoms with Gasteiger partial charge in [0.15, 0.2) is 0 Å². The minimum absolute atomic E-state index is 0.0445. The molecule has 1 atom stereocenters. The number of nitrogens with zero attached hydrogens (tertiary/aromatic N) is 1. The highest BCUT2D eigenvalue weighted by Crippen LogP contribution is 2.29. The second-order valence-electron chi connectivity index (χ2n) is 7.44. The van der Waals surface area contributed by atoms with Crippen molar-refractivity contribution in [2.75, 3.05) is 13.1 Å². The largest absolute Gasteiger partial charge is 0.507 e. The Morgan fingerprint density at radius 2 is 1.92 bits per heavy atom. The average Bonchev–Trinajstić information content (AvgIpc) is 3.00. The number of benzene rings is 1. The van der Waals surface area contributed by atoms with Gasteiger partial charge in [-0.1, -0.05) is 12.1 Å². The van der Waals surface area contributed by atoms with E-state index in [4.69, 9.17) is 21.9 Å². The molecule has 26 heavy (non-hydrogen) atoms. The number of aromatic hydroxyl groups is 1. The highest BCUT2D eigenvalue weighted by atomic mass is 16.6. The second-order valence-corrected chi connectivity index (χ2v) is 7.44. The minimum Gasteiger partial charge on any atom is -0.507 e. The number of phenolic OH excluding ortho intramolecular Hbond substituents is 1. The van der Waals surface area contributed by atoms with E-state index in [0.717, 1.165) is 0 Å². The molecule has 1 saturated heterocycles. The summed E-state index contributed by atoms with van der Waals surface area (Å²) in [7, 11) is 0. The molecule has 7 nitrogen and oxygen atoms in total. The summed E-state index contributed by atoms with van der Waals surface area (Å²) in [4.78, 5) is 13.9. The van der Waals surface area contributed by atoms with E-state index in [9.17, 15) is 9.90 Å². The summed E-state index contributed by atoms with van der Waals surface area (Å²) in [5.74, 6) is 0.189. The molecule has 1 aliphatic heterocycles. The van der Waals surface area contributed by atoms with E-state index in [-0.39, 0.29) is 23.6 Å². The van der Waals surface area contributed by atoms with Crippen molar-refractivity contribution in [3.63, 3.8) is 0 Å². The highest BCUT2D eigenvalue weighted by molar-refractivity contribution is 5.71. The van der Waals surface area contributed by atoms with Crippen molar-refractivity contribution in [3.05, 3.63) is 47.3 Å². The van der Waals surface area contributed by atoms with Gasteiger partial charge in [-0.05, 0) is 51.0 Å². The van der Waals surface area contributed by atoms with Crippen LogP contribution in [-0.2, 0) is 4.74 Å². The van der Waals surface area contributed by atoms with Crippen LogP contribution in [0.25, 0.3) is 5.70 Å². The Labute approximate surface area is 154 Å². The molecule has 1 aromatic rings. The number of likely N-dealkylation sites (tertiary alicyclic amines) is 1. The molecule has 1 heterocycles. The lowest BCUT2D eigenvalue weighted by Gasteiger charge is -2.24. The second kappa shape index (κ2) is 7.59. The fourth-order valence-electron chi connectivity index (χ4n) is 2.91. The van der Waals surface area contributed by atoms with Crippen LogP contribution in [0.1, 0.15) is 32.8 Å². The molecule has 0 aliphatic carbocycles. The number of phenols is 1. The quantitative estimate of drug-likeness (QED) is 0.611. The first-order valence-electron chi connectivity index (χ1n) is 8.57. The maximum Gasteiger partial charge on any atom is 0.410 e. The Morgan fingerprint density at radius 1 is 1.27 bits per heavy atom. The van der Waals surface area contributed by atoms with Gasteiger partial charge in [-0.25, -0.2) is 4.79 Å². The van der Waals surface area contributed by atoms with Crippen molar-refractivity contribution in [3.8, 4) is 5.75 Å². The van der Waals surface area contributed by atoms with Crippen molar-refractivity contribution in [1.29, 1.82) is 0 Å². The van der Waals surface area contributed by atoms with Crippen LogP contribution < -0.4 is 17.2 Å². The lowest BCUT2D eigenvalue weighted by atomic mass is 9.95. The molecule has 1 aromatic carbocycles. The molecule has 1 amide bonds. The summed E-state index contributed by atoms with van der Waals surface area (Å²) in [5, 5.41) is 9.95. The van der Waals surface area contributed by atoms with E-state index < -0.39 is 5.60 Å². The highest BCUT2D eigenvalue weighted by Gasteiger charge is 2.32. The molecule has 0 spiro atoms. The zero-order valence-electron chi connectivity index (χ0n) is 15.5. The first-order chi connectivity index (χ1) is 12.1. The van der Waals surface area contributed by atoms with E-state index >= 15 is 0 Å². The lowest BCUT2D eigenvalue weighted by molar-refractivity contribution is 0.0290. The lowest BCUT2D eigenvalue weighted by Crippen LogP contribution is -2.35. The number of para-hydroxylation sites is 1. The van der Waals surface area contributed by atoms with Crippen LogP contribution in [0.3, 0.4) is 0 Å². The number of allylic oxidation sites excluding steroid dienone is 1. The number of carbonyl (C=O) groups is 1. The van der Waals surface area contributed by atoms with Crippen LogP contribution >= 0.6 is 0 Å². The maximum absolute atomic E-state index is 12.2. The standard InChI is InChI=1S/C19H28N4O3/c1-19(2,3)26-18(25)23-9-8-12(11-23)14(17(21)22)10-15(20)13-6-4-5-7-16(13)24/h4-7,10,12,24H,8-9,11,20-22H2,1-3H3/b15-10-. The Bertz CT molecular complexity index is 731. The number of hydrogen-bond acceptors (Lipinski definition) is 6. The van der Waals surface area contributed by atoms with Crippen LogP contribution in [0.4, 0.5) is 4.79 Å². The Hall–Kier alpha value is -2.83. The van der Waals surface area contributed by atoms with Crippen molar-refractivity contribution in [2.24, 2.45) is 23.1 Å². The number of hydrogen-bond donors (Lipinski definition) is 4. The fraction of sp³-hybridized carbons (Fsp3) is 0.421. The van der Waals surface area contributed by atoms with Gasteiger partial charge < -0.3 is 31.9 Å². The van der Waals surface area contributed by atoms with Gasteiger partial charge in [-0.2, -0.15) is 0 Å². The third-order valence-electron chi connectivity index (χ3n) is 4.14. The summed E-state index contributed by atoms with van der Waals surface area (Å²) < 4.78 is 5.41. The van der Waals surface area contributed by atoms with Crippen molar-refractivity contribution < 1.29 is 14.6 Å². The van der Waals surface area contributed by atoms with Gasteiger partial charge >= 0.3 is 6.09 Å². The molecule has 0 saturated carbocycles.